The van der Waals surface area contributed by atoms with Gasteiger partial charge in [0.1, 0.15) is 10.8 Å². The molecule has 1 aromatic heterocycles. The van der Waals surface area contributed by atoms with E-state index in [1.807, 2.05) is 45.0 Å². The largest absolute Gasteiger partial charge is 0.497 e. The number of nitrogens with zero attached hydrogens (tertiary/aromatic N) is 3. The third-order valence-corrected chi connectivity index (χ3v) is 5.69. The first-order valence-corrected chi connectivity index (χ1v) is 10.1. The summed E-state index contributed by atoms with van der Waals surface area (Å²) in [4.78, 5) is 26.4. The van der Waals surface area contributed by atoms with Crippen LogP contribution >= 0.6 is 11.3 Å². The van der Waals surface area contributed by atoms with Crippen LogP contribution in [-0.2, 0) is 22.4 Å². The van der Waals surface area contributed by atoms with Crippen LogP contribution in [0.4, 0.5) is 5.13 Å². The number of aryl methyl sites for hydroxylation is 2. The Labute approximate surface area is 169 Å². The molecular formula is C20H26N4O3S. The third kappa shape index (κ3) is 4.86. The average molecular weight is 403 g/mol. The van der Waals surface area contributed by atoms with Crippen molar-refractivity contribution in [1.29, 1.82) is 0 Å². The van der Waals surface area contributed by atoms with Crippen LogP contribution in [0.15, 0.2) is 24.3 Å². The summed E-state index contributed by atoms with van der Waals surface area (Å²) in [5.41, 5.74) is 0.914. The Kier molecular flexibility index (Phi) is 5.98. The van der Waals surface area contributed by atoms with Gasteiger partial charge in [0.2, 0.25) is 16.9 Å². The van der Waals surface area contributed by atoms with Gasteiger partial charge in [0.25, 0.3) is 0 Å². The van der Waals surface area contributed by atoms with Crippen LogP contribution in [0.3, 0.4) is 0 Å². The van der Waals surface area contributed by atoms with Crippen LogP contribution in [-0.4, -0.2) is 46.1 Å². The molecule has 2 heterocycles. The highest BCUT2D eigenvalue weighted by Gasteiger charge is 2.39. The minimum atomic E-state index is -0.349. The number of nitrogens with one attached hydrogen (secondary N) is 1. The molecule has 1 N–H and O–H groups in total. The minimum absolute atomic E-state index is 0.0186. The summed E-state index contributed by atoms with van der Waals surface area (Å²) in [6.07, 6.45) is 1.83. The number of rotatable bonds is 6. The summed E-state index contributed by atoms with van der Waals surface area (Å²) >= 11 is 1.38. The van der Waals surface area contributed by atoms with E-state index in [9.17, 15) is 9.59 Å². The topological polar surface area (TPSA) is 84.4 Å². The van der Waals surface area contributed by atoms with Crippen molar-refractivity contribution in [2.75, 3.05) is 19.0 Å². The number of methoxy groups -OCH3 is 1. The third-order valence-electron chi connectivity index (χ3n) is 4.79. The first kappa shape index (κ1) is 20.3. The molecule has 1 saturated heterocycles. The number of ether oxygens (including phenoxy) is 1. The van der Waals surface area contributed by atoms with E-state index in [0.29, 0.717) is 11.7 Å². The van der Waals surface area contributed by atoms with Crippen molar-refractivity contribution in [2.24, 2.45) is 5.92 Å². The van der Waals surface area contributed by atoms with Crippen LogP contribution in [0.2, 0.25) is 0 Å². The summed E-state index contributed by atoms with van der Waals surface area (Å²) in [5.74, 6) is 0.335. The average Bonchev–Trinajstić information content (AvgIpc) is 3.26. The van der Waals surface area contributed by atoms with E-state index in [0.717, 1.165) is 23.6 Å². The van der Waals surface area contributed by atoms with E-state index in [4.69, 9.17) is 4.74 Å². The molecular weight excluding hydrogens is 376 g/mol. The highest BCUT2D eigenvalue weighted by atomic mass is 32.1. The normalized spacial score (nSPS) is 17.1. The van der Waals surface area contributed by atoms with E-state index in [1.54, 1.807) is 12.0 Å². The summed E-state index contributed by atoms with van der Waals surface area (Å²) in [7, 11) is 1.65. The molecule has 1 fully saturated rings. The molecule has 0 spiro atoms. The van der Waals surface area contributed by atoms with Crippen LogP contribution < -0.4 is 10.1 Å². The summed E-state index contributed by atoms with van der Waals surface area (Å²) in [5, 5.41) is 12.4. The number of hydrogen-bond donors (Lipinski definition) is 1. The van der Waals surface area contributed by atoms with Crippen molar-refractivity contribution in [3.8, 4) is 5.75 Å². The van der Waals surface area contributed by atoms with Gasteiger partial charge < -0.3 is 15.0 Å². The summed E-state index contributed by atoms with van der Waals surface area (Å²) in [6, 6.07) is 7.93. The zero-order chi connectivity index (χ0) is 20.3. The fraction of sp³-hybridized carbons (Fsp3) is 0.500. The van der Waals surface area contributed by atoms with Gasteiger partial charge in [0, 0.05) is 24.9 Å². The molecule has 1 aliphatic rings. The molecule has 0 unspecified atom stereocenters. The molecule has 3 rings (SSSR count). The van der Waals surface area contributed by atoms with Crippen LogP contribution in [0.5, 0.6) is 5.75 Å². The van der Waals surface area contributed by atoms with E-state index < -0.39 is 0 Å². The SMILES string of the molecule is COc1ccc(CCc2nnc(NC(=O)[C@H]3CC(=O)N(C(C)(C)C)C3)s2)cc1. The lowest BCUT2D eigenvalue weighted by Crippen LogP contribution is -2.42. The number of benzene rings is 1. The molecule has 1 atom stereocenters. The Morgan fingerprint density at radius 2 is 1.96 bits per heavy atom. The molecule has 0 saturated carbocycles. The Bertz CT molecular complexity index is 842. The standard InChI is InChI=1S/C20H26N4O3S/c1-20(2,3)24-12-14(11-17(24)25)18(26)21-19-23-22-16(28-19)10-7-13-5-8-15(27-4)9-6-13/h5-6,8-9,14H,7,10-12H2,1-4H3,(H,21,23,26)/t14-/m0/s1. The van der Waals surface area contributed by atoms with Crippen LogP contribution in [0, 0.1) is 5.92 Å². The fourth-order valence-electron chi connectivity index (χ4n) is 3.19. The van der Waals surface area contributed by atoms with E-state index >= 15 is 0 Å². The number of anilines is 1. The quantitative estimate of drug-likeness (QED) is 0.803. The molecule has 28 heavy (non-hydrogen) atoms. The van der Waals surface area contributed by atoms with Crippen LogP contribution in [0.25, 0.3) is 0 Å². The molecule has 2 aromatic rings. The Balaban J connectivity index is 1.52. The lowest BCUT2D eigenvalue weighted by molar-refractivity contribution is -0.131. The predicted molar refractivity (Wildman–Crippen MR) is 109 cm³/mol. The molecule has 2 amide bonds. The predicted octanol–water partition coefficient (Wildman–Crippen LogP) is 2.92. The molecule has 150 valence electrons. The summed E-state index contributed by atoms with van der Waals surface area (Å²) in [6.45, 7) is 6.37. The number of amides is 2. The number of carbonyl (C=O) groups is 2. The maximum Gasteiger partial charge on any atom is 0.231 e. The van der Waals surface area contributed by atoms with E-state index in [-0.39, 0.29) is 29.7 Å². The highest BCUT2D eigenvalue weighted by Crippen LogP contribution is 2.27. The fourth-order valence-corrected chi connectivity index (χ4v) is 3.93. The lowest BCUT2D eigenvalue weighted by atomic mass is 10.1. The van der Waals surface area contributed by atoms with Gasteiger partial charge in [-0.05, 0) is 44.9 Å². The van der Waals surface area contributed by atoms with Gasteiger partial charge in [-0.3, -0.25) is 9.59 Å². The second kappa shape index (κ2) is 8.26. The zero-order valence-electron chi connectivity index (χ0n) is 16.7. The Morgan fingerprint density at radius 3 is 2.57 bits per heavy atom. The molecule has 7 nitrogen and oxygen atoms in total. The Hall–Kier alpha value is -2.48. The molecule has 1 aliphatic heterocycles. The first-order valence-electron chi connectivity index (χ1n) is 9.33. The maximum atomic E-state index is 12.5. The second-order valence-corrected chi connectivity index (χ2v) is 8.98. The van der Waals surface area contributed by atoms with Crippen molar-refractivity contribution in [3.05, 3.63) is 34.8 Å². The van der Waals surface area contributed by atoms with Gasteiger partial charge in [0.05, 0.1) is 13.0 Å². The maximum absolute atomic E-state index is 12.5. The minimum Gasteiger partial charge on any atom is -0.497 e. The molecule has 1 aromatic carbocycles. The second-order valence-electron chi connectivity index (χ2n) is 7.91. The van der Waals surface area contributed by atoms with Crippen molar-refractivity contribution in [1.82, 2.24) is 15.1 Å². The number of aromatic nitrogens is 2. The van der Waals surface area contributed by atoms with Gasteiger partial charge in [0.15, 0.2) is 0 Å². The number of hydrogen-bond acceptors (Lipinski definition) is 6. The Morgan fingerprint density at radius 1 is 1.25 bits per heavy atom. The van der Waals surface area contributed by atoms with Gasteiger partial charge in [-0.1, -0.05) is 23.5 Å². The van der Waals surface area contributed by atoms with Gasteiger partial charge in [-0.2, -0.15) is 0 Å². The zero-order valence-corrected chi connectivity index (χ0v) is 17.5. The van der Waals surface area contributed by atoms with Gasteiger partial charge >= 0.3 is 0 Å². The molecule has 8 heteroatoms. The number of carbonyl (C=O) groups excluding carboxylic acids is 2. The number of likely N-dealkylation sites (tertiary alicyclic amines) is 1. The van der Waals surface area contributed by atoms with Gasteiger partial charge in [-0.25, -0.2) is 0 Å². The molecule has 0 radical (unpaired) electrons. The smallest absolute Gasteiger partial charge is 0.231 e. The van der Waals surface area contributed by atoms with E-state index in [1.165, 1.54) is 16.9 Å². The van der Waals surface area contributed by atoms with Crippen molar-refractivity contribution in [2.45, 2.75) is 45.6 Å². The highest BCUT2D eigenvalue weighted by molar-refractivity contribution is 7.15. The lowest BCUT2D eigenvalue weighted by Gasteiger charge is -2.31. The molecule has 0 bridgehead atoms. The summed E-state index contributed by atoms with van der Waals surface area (Å²) < 4.78 is 5.16. The van der Waals surface area contributed by atoms with Gasteiger partial charge in [-0.15, -0.1) is 10.2 Å². The molecule has 0 aliphatic carbocycles. The monoisotopic (exact) mass is 402 g/mol. The van der Waals surface area contributed by atoms with Crippen LogP contribution in [0.1, 0.15) is 37.8 Å². The van der Waals surface area contributed by atoms with Crippen molar-refractivity contribution >= 4 is 28.3 Å². The van der Waals surface area contributed by atoms with E-state index in [2.05, 4.69) is 15.5 Å². The van der Waals surface area contributed by atoms with Crippen molar-refractivity contribution < 1.29 is 14.3 Å². The van der Waals surface area contributed by atoms with Crippen molar-refractivity contribution in [3.63, 3.8) is 0 Å². The first-order chi connectivity index (χ1) is 13.3.